The second kappa shape index (κ2) is 8.77. The molecule has 0 aliphatic rings. The van der Waals surface area contributed by atoms with Crippen LogP contribution in [0.2, 0.25) is 0 Å². The van der Waals surface area contributed by atoms with Crippen LogP contribution in [-0.2, 0) is 14.8 Å². The zero-order chi connectivity index (χ0) is 20.0. The van der Waals surface area contributed by atoms with Crippen LogP contribution in [0.15, 0.2) is 47.4 Å². The van der Waals surface area contributed by atoms with Gasteiger partial charge in [-0.3, -0.25) is 9.10 Å². The van der Waals surface area contributed by atoms with Crippen molar-refractivity contribution in [1.82, 2.24) is 5.32 Å². The Morgan fingerprint density at radius 3 is 2.22 bits per heavy atom. The highest BCUT2D eigenvalue weighted by molar-refractivity contribution is 7.92. The fraction of sp³-hybridized carbons (Fsp3) is 0.316. The molecule has 0 heterocycles. The second-order valence-electron chi connectivity index (χ2n) is 5.82. The Balaban J connectivity index is 2.54. The maximum Gasteiger partial charge on any atom is 0.264 e. The molecular weight excluding hydrogens is 368 g/mol. The SMILES string of the molecule is CCNC(=O)CN(c1ccc(OC)c(OC)c1)S(=O)(=O)c1ccc(C)cc1. The average molecular weight is 392 g/mol. The molecule has 1 amide bonds. The van der Waals surface area contributed by atoms with Crippen molar-refractivity contribution in [3.63, 3.8) is 0 Å². The lowest BCUT2D eigenvalue weighted by Crippen LogP contribution is -2.40. The minimum absolute atomic E-state index is 0.104. The van der Waals surface area contributed by atoms with E-state index < -0.39 is 15.9 Å². The van der Waals surface area contributed by atoms with Crippen molar-refractivity contribution in [2.75, 3.05) is 31.6 Å². The van der Waals surface area contributed by atoms with E-state index >= 15 is 0 Å². The van der Waals surface area contributed by atoms with Crippen molar-refractivity contribution in [2.45, 2.75) is 18.7 Å². The first-order chi connectivity index (χ1) is 12.8. The number of nitrogens with zero attached hydrogens (tertiary/aromatic N) is 1. The van der Waals surface area contributed by atoms with Gasteiger partial charge in [-0.1, -0.05) is 17.7 Å². The normalized spacial score (nSPS) is 11.0. The third-order valence-electron chi connectivity index (χ3n) is 3.93. The van der Waals surface area contributed by atoms with Crippen molar-refractivity contribution in [2.24, 2.45) is 0 Å². The van der Waals surface area contributed by atoms with Crippen LogP contribution < -0.4 is 19.1 Å². The number of amides is 1. The number of carbonyl (C=O) groups is 1. The highest BCUT2D eigenvalue weighted by atomic mass is 32.2. The summed E-state index contributed by atoms with van der Waals surface area (Å²) in [6.07, 6.45) is 0. The first-order valence-electron chi connectivity index (χ1n) is 8.41. The van der Waals surface area contributed by atoms with Crippen LogP contribution in [0, 0.1) is 6.92 Å². The Bertz CT molecular complexity index is 895. The molecule has 0 fully saturated rings. The van der Waals surface area contributed by atoms with E-state index in [1.165, 1.54) is 32.4 Å². The molecule has 0 bridgehead atoms. The number of ether oxygens (including phenoxy) is 2. The van der Waals surface area contributed by atoms with E-state index in [4.69, 9.17) is 9.47 Å². The van der Waals surface area contributed by atoms with Crippen LogP contribution in [0.25, 0.3) is 0 Å². The van der Waals surface area contributed by atoms with E-state index in [1.54, 1.807) is 31.2 Å². The van der Waals surface area contributed by atoms with Crippen LogP contribution >= 0.6 is 0 Å². The maximum absolute atomic E-state index is 13.2. The minimum Gasteiger partial charge on any atom is -0.493 e. The molecule has 0 aromatic heterocycles. The van der Waals surface area contributed by atoms with Gasteiger partial charge in [0.1, 0.15) is 6.54 Å². The zero-order valence-electron chi connectivity index (χ0n) is 15.9. The van der Waals surface area contributed by atoms with Gasteiger partial charge in [-0.2, -0.15) is 0 Å². The van der Waals surface area contributed by atoms with E-state index in [1.807, 2.05) is 6.92 Å². The van der Waals surface area contributed by atoms with Crippen LogP contribution in [0.5, 0.6) is 11.5 Å². The van der Waals surface area contributed by atoms with Gasteiger partial charge in [0.15, 0.2) is 11.5 Å². The summed E-state index contributed by atoms with van der Waals surface area (Å²) in [6, 6.07) is 11.2. The summed E-state index contributed by atoms with van der Waals surface area (Å²) in [5, 5.41) is 2.63. The quantitative estimate of drug-likeness (QED) is 0.745. The topological polar surface area (TPSA) is 84.9 Å². The van der Waals surface area contributed by atoms with E-state index in [2.05, 4.69) is 5.32 Å². The lowest BCUT2D eigenvalue weighted by atomic mass is 10.2. The zero-order valence-corrected chi connectivity index (χ0v) is 16.7. The number of sulfonamides is 1. The molecule has 0 unspecified atom stereocenters. The van der Waals surface area contributed by atoms with Gasteiger partial charge in [0.05, 0.1) is 24.8 Å². The predicted molar refractivity (Wildman–Crippen MR) is 104 cm³/mol. The van der Waals surface area contributed by atoms with Crippen LogP contribution in [0.1, 0.15) is 12.5 Å². The number of nitrogens with one attached hydrogen (secondary N) is 1. The summed E-state index contributed by atoms with van der Waals surface area (Å²) in [5.41, 5.74) is 1.25. The molecule has 7 nitrogen and oxygen atoms in total. The van der Waals surface area contributed by atoms with Gasteiger partial charge >= 0.3 is 0 Å². The van der Waals surface area contributed by atoms with Crippen molar-refractivity contribution in [1.29, 1.82) is 0 Å². The standard InChI is InChI=1S/C19H24N2O5S/c1-5-20-19(22)13-21(15-8-11-17(25-3)18(12-15)26-4)27(23,24)16-9-6-14(2)7-10-16/h6-12H,5,13H2,1-4H3,(H,20,22). The molecule has 0 atom stereocenters. The first kappa shape index (κ1) is 20.6. The lowest BCUT2D eigenvalue weighted by molar-refractivity contribution is -0.119. The molecule has 0 spiro atoms. The molecule has 0 aliphatic heterocycles. The van der Waals surface area contributed by atoms with Crippen molar-refractivity contribution < 1.29 is 22.7 Å². The van der Waals surface area contributed by atoms with Gasteiger partial charge in [-0.05, 0) is 38.1 Å². The Kier molecular flexibility index (Phi) is 6.68. The second-order valence-corrected chi connectivity index (χ2v) is 7.68. The molecule has 2 rings (SSSR count). The Morgan fingerprint density at radius 1 is 1.04 bits per heavy atom. The van der Waals surface area contributed by atoms with Crippen LogP contribution in [0.4, 0.5) is 5.69 Å². The largest absolute Gasteiger partial charge is 0.493 e. The Morgan fingerprint density at radius 2 is 1.67 bits per heavy atom. The van der Waals surface area contributed by atoms with Gasteiger partial charge in [0.25, 0.3) is 10.0 Å². The number of benzene rings is 2. The number of aryl methyl sites for hydroxylation is 1. The number of hydrogen-bond acceptors (Lipinski definition) is 5. The van der Waals surface area contributed by atoms with E-state index in [-0.39, 0.29) is 11.4 Å². The number of carbonyl (C=O) groups excluding carboxylic acids is 1. The average Bonchev–Trinajstić information content (AvgIpc) is 2.66. The summed E-state index contributed by atoms with van der Waals surface area (Å²) in [5.74, 6) is 0.435. The predicted octanol–water partition coefficient (Wildman–Crippen LogP) is 2.34. The summed E-state index contributed by atoms with van der Waals surface area (Å²) in [7, 11) is -0.997. The Hall–Kier alpha value is -2.74. The molecule has 8 heteroatoms. The monoisotopic (exact) mass is 392 g/mol. The van der Waals surface area contributed by atoms with E-state index in [0.29, 0.717) is 23.7 Å². The molecule has 27 heavy (non-hydrogen) atoms. The van der Waals surface area contributed by atoms with Gasteiger partial charge < -0.3 is 14.8 Å². The molecule has 0 saturated carbocycles. The van der Waals surface area contributed by atoms with E-state index in [9.17, 15) is 13.2 Å². The van der Waals surface area contributed by atoms with Gasteiger partial charge in [0, 0.05) is 12.6 Å². The Labute approximate surface area is 160 Å². The molecule has 146 valence electrons. The molecule has 1 N–H and O–H groups in total. The van der Waals surface area contributed by atoms with Crippen LogP contribution in [0.3, 0.4) is 0 Å². The molecular formula is C19H24N2O5S. The van der Waals surface area contributed by atoms with Crippen molar-refractivity contribution in [3.8, 4) is 11.5 Å². The van der Waals surface area contributed by atoms with Gasteiger partial charge in [-0.25, -0.2) is 8.42 Å². The maximum atomic E-state index is 13.2. The van der Waals surface area contributed by atoms with E-state index in [0.717, 1.165) is 9.87 Å². The molecule has 2 aromatic rings. The fourth-order valence-corrected chi connectivity index (χ4v) is 3.93. The summed E-state index contributed by atoms with van der Waals surface area (Å²) in [6.45, 7) is 3.70. The third kappa shape index (κ3) is 4.71. The third-order valence-corrected chi connectivity index (χ3v) is 5.71. The number of anilines is 1. The number of methoxy groups -OCH3 is 2. The van der Waals surface area contributed by atoms with Gasteiger partial charge in [-0.15, -0.1) is 0 Å². The molecule has 0 radical (unpaired) electrons. The number of hydrogen-bond donors (Lipinski definition) is 1. The summed E-state index contributed by atoms with van der Waals surface area (Å²) in [4.78, 5) is 12.3. The van der Waals surface area contributed by atoms with Crippen molar-refractivity contribution >= 4 is 21.6 Å². The summed E-state index contributed by atoms with van der Waals surface area (Å²) >= 11 is 0. The fourth-order valence-electron chi connectivity index (χ4n) is 2.52. The summed E-state index contributed by atoms with van der Waals surface area (Å²) < 4.78 is 38.0. The van der Waals surface area contributed by atoms with Crippen molar-refractivity contribution in [3.05, 3.63) is 48.0 Å². The number of likely N-dealkylation sites (N-methyl/N-ethyl adjacent to an activating group) is 1. The highest BCUT2D eigenvalue weighted by Crippen LogP contribution is 2.33. The number of rotatable bonds is 8. The molecule has 2 aromatic carbocycles. The van der Waals surface area contributed by atoms with Crippen LogP contribution in [-0.4, -0.2) is 41.6 Å². The lowest BCUT2D eigenvalue weighted by Gasteiger charge is -2.25. The first-order valence-corrected chi connectivity index (χ1v) is 9.85. The van der Waals surface area contributed by atoms with Gasteiger partial charge in [0.2, 0.25) is 5.91 Å². The minimum atomic E-state index is -3.95. The molecule has 0 saturated heterocycles. The smallest absolute Gasteiger partial charge is 0.264 e. The highest BCUT2D eigenvalue weighted by Gasteiger charge is 2.28. The molecule has 0 aliphatic carbocycles.